The Hall–Kier alpha value is -2.14. The van der Waals surface area contributed by atoms with Crippen LogP contribution in [0.1, 0.15) is 30.3 Å². The molecule has 0 spiro atoms. The molecule has 1 aromatic heterocycles. The van der Waals surface area contributed by atoms with Crippen LogP contribution < -0.4 is 5.32 Å². The van der Waals surface area contributed by atoms with E-state index in [-0.39, 0.29) is 24.0 Å². The minimum atomic E-state index is -0.550. The second-order valence-corrected chi connectivity index (χ2v) is 4.82. The van der Waals surface area contributed by atoms with Crippen molar-refractivity contribution in [3.8, 4) is 11.3 Å². The number of aliphatic hydroxyl groups is 1. The third kappa shape index (κ3) is 4.16. The summed E-state index contributed by atoms with van der Waals surface area (Å²) in [6.07, 6.45) is 0.941. The lowest BCUT2D eigenvalue weighted by molar-refractivity contribution is 0.0884. The normalized spacial score (nSPS) is 12.1. The van der Waals surface area contributed by atoms with Crippen molar-refractivity contribution in [2.24, 2.45) is 0 Å². The molecule has 5 heteroatoms. The van der Waals surface area contributed by atoms with E-state index < -0.39 is 6.10 Å². The summed E-state index contributed by atoms with van der Waals surface area (Å²) in [5.41, 5.74) is 0.696. The molecule has 0 radical (unpaired) electrons. The second kappa shape index (κ2) is 7.04. The molecule has 112 valence electrons. The highest BCUT2D eigenvalue weighted by Gasteiger charge is 2.13. The minimum Gasteiger partial charge on any atom is -0.451 e. The molecular weight excluding hydrogens is 273 g/mol. The molecule has 1 aromatic carbocycles. The van der Waals surface area contributed by atoms with Crippen LogP contribution in [0.2, 0.25) is 0 Å². The van der Waals surface area contributed by atoms with Crippen LogP contribution in [-0.2, 0) is 0 Å². The summed E-state index contributed by atoms with van der Waals surface area (Å²) in [6.45, 7) is 2.16. The van der Waals surface area contributed by atoms with Crippen molar-refractivity contribution < 1.29 is 18.7 Å². The van der Waals surface area contributed by atoms with Gasteiger partial charge in [0.1, 0.15) is 11.6 Å². The number of amides is 1. The highest BCUT2D eigenvalue weighted by Crippen LogP contribution is 2.22. The lowest BCUT2D eigenvalue weighted by atomic mass is 10.2. The van der Waals surface area contributed by atoms with Gasteiger partial charge in [0.05, 0.1) is 6.10 Å². The Kier molecular flexibility index (Phi) is 5.11. The highest BCUT2D eigenvalue weighted by molar-refractivity contribution is 5.92. The summed E-state index contributed by atoms with van der Waals surface area (Å²) in [5, 5.41) is 12.2. The van der Waals surface area contributed by atoms with Crippen molar-refractivity contribution >= 4 is 5.91 Å². The van der Waals surface area contributed by atoms with Crippen molar-refractivity contribution in [1.29, 1.82) is 0 Å². The maximum Gasteiger partial charge on any atom is 0.287 e. The number of aliphatic hydroxyl groups excluding tert-OH is 1. The third-order valence-electron chi connectivity index (χ3n) is 3.08. The predicted molar refractivity (Wildman–Crippen MR) is 77.4 cm³/mol. The number of hydrogen-bond acceptors (Lipinski definition) is 3. The van der Waals surface area contributed by atoms with Crippen molar-refractivity contribution in [3.63, 3.8) is 0 Å². The predicted octanol–water partition coefficient (Wildman–Crippen LogP) is 2.98. The van der Waals surface area contributed by atoms with Gasteiger partial charge in [0.15, 0.2) is 5.76 Å². The SMILES string of the molecule is CCCC(O)CNC(=O)c1ccc(-c2ccc(F)cc2)o1. The van der Waals surface area contributed by atoms with Gasteiger partial charge in [0.25, 0.3) is 5.91 Å². The van der Waals surface area contributed by atoms with E-state index in [4.69, 9.17) is 4.42 Å². The average molecular weight is 291 g/mol. The number of hydrogen-bond donors (Lipinski definition) is 2. The molecule has 1 atom stereocenters. The lowest BCUT2D eigenvalue weighted by Crippen LogP contribution is -2.31. The number of benzene rings is 1. The maximum atomic E-state index is 12.9. The molecule has 2 rings (SSSR count). The van der Waals surface area contributed by atoms with Gasteiger partial charge in [-0.25, -0.2) is 4.39 Å². The van der Waals surface area contributed by atoms with Crippen molar-refractivity contribution in [2.75, 3.05) is 6.54 Å². The van der Waals surface area contributed by atoms with Gasteiger partial charge in [-0.3, -0.25) is 4.79 Å². The smallest absolute Gasteiger partial charge is 0.287 e. The Morgan fingerprint density at radius 2 is 2.00 bits per heavy atom. The fourth-order valence-electron chi connectivity index (χ4n) is 1.96. The van der Waals surface area contributed by atoms with Crippen molar-refractivity contribution in [1.82, 2.24) is 5.32 Å². The Morgan fingerprint density at radius 1 is 1.29 bits per heavy atom. The van der Waals surface area contributed by atoms with Crippen LogP contribution in [0.25, 0.3) is 11.3 Å². The van der Waals surface area contributed by atoms with E-state index in [9.17, 15) is 14.3 Å². The van der Waals surface area contributed by atoms with Crippen LogP contribution in [0.15, 0.2) is 40.8 Å². The number of rotatable bonds is 6. The highest BCUT2D eigenvalue weighted by atomic mass is 19.1. The number of furan rings is 1. The molecule has 21 heavy (non-hydrogen) atoms. The maximum absolute atomic E-state index is 12.9. The number of nitrogens with one attached hydrogen (secondary N) is 1. The quantitative estimate of drug-likeness (QED) is 0.860. The molecule has 0 fully saturated rings. The van der Waals surface area contributed by atoms with Gasteiger partial charge >= 0.3 is 0 Å². The van der Waals surface area contributed by atoms with E-state index in [2.05, 4.69) is 5.32 Å². The summed E-state index contributed by atoms with van der Waals surface area (Å²) in [6, 6.07) is 9.05. The van der Waals surface area contributed by atoms with Crippen LogP contribution in [0, 0.1) is 5.82 Å². The van der Waals surface area contributed by atoms with E-state index in [0.29, 0.717) is 17.7 Å². The van der Waals surface area contributed by atoms with E-state index in [1.165, 1.54) is 12.1 Å². The van der Waals surface area contributed by atoms with Crippen LogP contribution >= 0.6 is 0 Å². The van der Waals surface area contributed by atoms with E-state index in [0.717, 1.165) is 6.42 Å². The largest absolute Gasteiger partial charge is 0.451 e. The Balaban J connectivity index is 1.99. The molecule has 1 heterocycles. The minimum absolute atomic E-state index is 0.165. The zero-order chi connectivity index (χ0) is 15.2. The molecule has 1 unspecified atom stereocenters. The van der Waals surface area contributed by atoms with Gasteiger partial charge < -0.3 is 14.8 Å². The molecular formula is C16H18FNO3. The van der Waals surface area contributed by atoms with Crippen molar-refractivity contribution in [2.45, 2.75) is 25.9 Å². The molecule has 0 saturated heterocycles. The van der Waals surface area contributed by atoms with E-state index >= 15 is 0 Å². The zero-order valence-corrected chi connectivity index (χ0v) is 11.8. The number of carbonyl (C=O) groups is 1. The first-order chi connectivity index (χ1) is 10.1. The zero-order valence-electron chi connectivity index (χ0n) is 11.8. The molecule has 4 nitrogen and oxygen atoms in total. The summed E-state index contributed by atoms with van der Waals surface area (Å²) in [7, 11) is 0. The summed E-state index contributed by atoms with van der Waals surface area (Å²) < 4.78 is 18.3. The molecule has 2 aromatic rings. The first-order valence-corrected chi connectivity index (χ1v) is 6.92. The molecule has 0 saturated carbocycles. The Bertz CT molecular complexity index is 592. The number of halogens is 1. The second-order valence-electron chi connectivity index (χ2n) is 4.82. The van der Waals surface area contributed by atoms with Gasteiger partial charge in [-0.2, -0.15) is 0 Å². The van der Waals surface area contributed by atoms with E-state index in [1.54, 1.807) is 24.3 Å². The third-order valence-corrected chi connectivity index (χ3v) is 3.08. The Morgan fingerprint density at radius 3 is 2.67 bits per heavy atom. The first kappa shape index (κ1) is 15.3. The topological polar surface area (TPSA) is 62.5 Å². The van der Waals surface area contributed by atoms with Crippen LogP contribution in [0.3, 0.4) is 0 Å². The number of carbonyl (C=O) groups excluding carboxylic acids is 1. The van der Waals surface area contributed by atoms with Gasteiger partial charge in [0.2, 0.25) is 0 Å². The molecule has 0 aliphatic carbocycles. The van der Waals surface area contributed by atoms with E-state index in [1.807, 2.05) is 6.92 Å². The van der Waals surface area contributed by atoms with Crippen molar-refractivity contribution in [3.05, 3.63) is 48.0 Å². The first-order valence-electron chi connectivity index (χ1n) is 6.92. The molecule has 2 N–H and O–H groups in total. The molecule has 0 aliphatic rings. The summed E-state index contributed by atoms with van der Waals surface area (Å²) in [5.74, 6) is -0.0426. The molecule has 0 aliphatic heterocycles. The van der Waals surface area contributed by atoms with Gasteiger partial charge in [-0.05, 0) is 42.8 Å². The molecule has 1 amide bonds. The van der Waals surface area contributed by atoms with Gasteiger partial charge in [-0.15, -0.1) is 0 Å². The average Bonchev–Trinajstić information content (AvgIpc) is 2.96. The van der Waals surface area contributed by atoms with Crippen LogP contribution in [-0.4, -0.2) is 23.7 Å². The van der Waals surface area contributed by atoms with Crippen LogP contribution in [0.5, 0.6) is 0 Å². The fourth-order valence-corrected chi connectivity index (χ4v) is 1.96. The Labute approximate surface area is 122 Å². The summed E-state index contributed by atoms with van der Waals surface area (Å²) >= 11 is 0. The summed E-state index contributed by atoms with van der Waals surface area (Å²) in [4.78, 5) is 11.9. The van der Waals surface area contributed by atoms with Gasteiger partial charge in [-0.1, -0.05) is 13.3 Å². The molecule has 0 bridgehead atoms. The lowest BCUT2D eigenvalue weighted by Gasteiger charge is -2.09. The standard InChI is InChI=1S/C16H18FNO3/c1-2-3-13(19)10-18-16(20)15-9-8-14(21-15)11-4-6-12(17)7-5-11/h4-9,13,19H,2-3,10H2,1H3,(H,18,20). The van der Waals surface area contributed by atoms with Crippen LogP contribution in [0.4, 0.5) is 4.39 Å². The monoisotopic (exact) mass is 291 g/mol. The fraction of sp³-hybridized carbons (Fsp3) is 0.312. The van der Waals surface area contributed by atoms with Gasteiger partial charge in [0, 0.05) is 12.1 Å².